The molecular weight excluding hydrogens is 223 g/mol. The molecule has 1 aliphatic rings. The zero-order valence-corrected chi connectivity index (χ0v) is 12.2. The summed E-state index contributed by atoms with van der Waals surface area (Å²) in [4.78, 5) is 17.2. The van der Waals surface area contributed by atoms with Crippen LogP contribution in [-0.2, 0) is 9.63 Å². The van der Waals surface area contributed by atoms with Crippen LogP contribution in [0.1, 0.15) is 27.7 Å². The van der Waals surface area contributed by atoms with Gasteiger partial charge in [-0.1, -0.05) is 37.1 Å². The minimum atomic E-state index is -0.155. The van der Waals surface area contributed by atoms with Crippen molar-refractivity contribution in [2.75, 3.05) is 20.7 Å². The van der Waals surface area contributed by atoms with E-state index in [1.807, 2.05) is 4.67 Å². The van der Waals surface area contributed by atoms with Crippen molar-refractivity contribution in [1.29, 1.82) is 0 Å². The molecule has 1 rings (SSSR count). The standard InChI is InChI=1S/C11H23N2O2P/c1-10(2)7-13(16)8(11(10,3)4)9(14)12(5)15-6/h8H,7,16H2,1-6H3/t8-/m1/s1. The van der Waals surface area contributed by atoms with Gasteiger partial charge in [-0.2, -0.15) is 0 Å². The smallest absolute Gasteiger partial charge is 0.264 e. The minimum Gasteiger partial charge on any atom is -0.275 e. The van der Waals surface area contributed by atoms with Gasteiger partial charge < -0.3 is 0 Å². The Morgan fingerprint density at radius 3 is 2.25 bits per heavy atom. The second-order valence-corrected chi connectivity index (χ2v) is 6.36. The lowest BCUT2D eigenvalue weighted by Crippen LogP contribution is -2.48. The molecule has 2 atom stereocenters. The van der Waals surface area contributed by atoms with E-state index in [1.165, 1.54) is 12.2 Å². The molecule has 0 bridgehead atoms. The van der Waals surface area contributed by atoms with Gasteiger partial charge in [0.05, 0.1) is 7.11 Å². The SMILES string of the molecule is CON(C)C(=O)[C@H]1N(P)CC(C)(C)C1(C)C. The monoisotopic (exact) mass is 246 g/mol. The Balaban J connectivity index is 3.01. The van der Waals surface area contributed by atoms with E-state index in [1.54, 1.807) is 7.05 Å². The van der Waals surface area contributed by atoms with Gasteiger partial charge in [0.1, 0.15) is 6.04 Å². The molecule has 0 spiro atoms. The lowest BCUT2D eigenvalue weighted by molar-refractivity contribution is -0.175. The number of hydrogen-bond donors (Lipinski definition) is 0. The van der Waals surface area contributed by atoms with Crippen LogP contribution >= 0.6 is 9.39 Å². The van der Waals surface area contributed by atoms with E-state index in [4.69, 9.17) is 4.84 Å². The highest BCUT2D eigenvalue weighted by Crippen LogP contribution is 2.51. The molecule has 0 aromatic rings. The predicted octanol–water partition coefficient (Wildman–Crippen LogP) is 1.53. The minimum absolute atomic E-state index is 0.00748. The molecule has 1 fully saturated rings. The summed E-state index contributed by atoms with van der Waals surface area (Å²) in [5, 5.41) is 1.31. The highest BCUT2D eigenvalue weighted by molar-refractivity contribution is 7.13. The Morgan fingerprint density at radius 2 is 1.94 bits per heavy atom. The Bertz CT molecular complexity index is 292. The van der Waals surface area contributed by atoms with E-state index >= 15 is 0 Å². The Morgan fingerprint density at radius 1 is 1.44 bits per heavy atom. The molecule has 0 saturated carbocycles. The third-order valence-corrected chi connectivity index (χ3v) is 4.64. The van der Waals surface area contributed by atoms with Crippen molar-refractivity contribution < 1.29 is 9.63 Å². The summed E-state index contributed by atoms with van der Waals surface area (Å²) >= 11 is 0. The van der Waals surface area contributed by atoms with Crippen molar-refractivity contribution in [1.82, 2.24) is 9.73 Å². The van der Waals surface area contributed by atoms with E-state index in [0.29, 0.717) is 0 Å². The maximum absolute atomic E-state index is 12.2. The fourth-order valence-corrected chi connectivity index (χ4v) is 3.21. The van der Waals surface area contributed by atoms with Crippen LogP contribution in [0.15, 0.2) is 0 Å². The van der Waals surface area contributed by atoms with Gasteiger partial charge in [-0.15, -0.1) is 0 Å². The third kappa shape index (κ3) is 1.99. The van der Waals surface area contributed by atoms with E-state index < -0.39 is 0 Å². The normalized spacial score (nSPS) is 28.1. The number of likely N-dealkylation sites (N-methyl/N-ethyl adjacent to an activating group) is 1. The van der Waals surface area contributed by atoms with E-state index in [-0.39, 0.29) is 22.8 Å². The molecule has 94 valence electrons. The number of carbonyl (C=O) groups is 1. The summed E-state index contributed by atoms with van der Waals surface area (Å²) in [6.07, 6.45) is 0. The van der Waals surface area contributed by atoms with Gasteiger partial charge in [-0.3, -0.25) is 14.3 Å². The van der Waals surface area contributed by atoms with Crippen LogP contribution in [0.5, 0.6) is 0 Å². The number of hydroxylamine groups is 2. The predicted molar refractivity (Wildman–Crippen MR) is 67.5 cm³/mol. The van der Waals surface area contributed by atoms with Gasteiger partial charge in [-0.25, -0.2) is 5.06 Å². The Labute approximate surface area is 101 Å². The number of rotatable bonds is 2. The second-order valence-electron chi connectivity index (χ2n) is 5.70. The first kappa shape index (κ1) is 13.9. The first-order valence-corrected chi connectivity index (χ1v) is 6.00. The van der Waals surface area contributed by atoms with Crippen LogP contribution in [0.25, 0.3) is 0 Å². The summed E-state index contributed by atoms with van der Waals surface area (Å²) in [7, 11) is 5.83. The van der Waals surface area contributed by atoms with E-state index in [0.717, 1.165) is 6.54 Å². The van der Waals surface area contributed by atoms with Gasteiger partial charge in [0.15, 0.2) is 0 Å². The zero-order chi connectivity index (χ0) is 12.7. The first-order valence-electron chi connectivity index (χ1n) is 5.48. The maximum Gasteiger partial charge on any atom is 0.264 e. The molecule has 0 aromatic heterocycles. The van der Waals surface area contributed by atoms with Crippen molar-refractivity contribution in [2.24, 2.45) is 10.8 Å². The van der Waals surface area contributed by atoms with E-state index in [9.17, 15) is 4.79 Å². The summed E-state index contributed by atoms with van der Waals surface area (Å²) in [6, 6.07) is -0.155. The molecule has 0 radical (unpaired) electrons. The first-order chi connectivity index (χ1) is 7.15. The van der Waals surface area contributed by atoms with Crippen LogP contribution in [0.3, 0.4) is 0 Å². The molecule has 1 unspecified atom stereocenters. The van der Waals surface area contributed by atoms with Gasteiger partial charge in [0, 0.05) is 13.6 Å². The van der Waals surface area contributed by atoms with Crippen LogP contribution in [0.4, 0.5) is 0 Å². The molecule has 1 heterocycles. The van der Waals surface area contributed by atoms with E-state index in [2.05, 4.69) is 37.1 Å². The topological polar surface area (TPSA) is 32.8 Å². The summed E-state index contributed by atoms with van der Waals surface area (Å²) < 4.78 is 2.04. The van der Waals surface area contributed by atoms with Gasteiger partial charge in [-0.05, 0) is 10.8 Å². The Kier molecular flexibility index (Phi) is 3.68. The molecule has 4 nitrogen and oxygen atoms in total. The average molecular weight is 246 g/mol. The lowest BCUT2D eigenvalue weighted by atomic mass is 9.67. The van der Waals surface area contributed by atoms with Crippen molar-refractivity contribution in [3.8, 4) is 0 Å². The van der Waals surface area contributed by atoms with Gasteiger partial charge >= 0.3 is 0 Å². The number of nitrogens with zero attached hydrogens (tertiary/aromatic N) is 2. The highest BCUT2D eigenvalue weighted by atomic mass is 31.0. The number of amides is 1. The van der Waals surface area contributed by atoms with Crippen molar-refractivity contribution in [2.45, 2.75) is 33.7 Å². The quantitative estimate of drug-likeness (QED) is 0.547. The molecule has 1 amide bonds. The van der Waals surface area contributed by atoms with Crippen LogP contribution in [0, 0.1) is 10.8 Å². The lowest BCUT2D eigenvalue weighted by Gasteiger charge is -2.38. The van der Waals surface area contributed by atoms with Crippen molar-refractivity contribution in [3.05, 3.63) is 0 Å². The van der Waals surface area contributed by atoms with Crippen molar-refractivity contribution >= 4 is 15.3 Å². The number of hydrogen-bond acceptors (Lipinski definition) is 3. The molecule has 0 aromatic carbocycles. The largest absolute Gasteiger partial charge is 0.275 e. The summed E-state index contributed by atoms with van der Waals surface area (Å²) in [6.45, 7) is 9.57. The van der Waals surface area contributed by atoms with Crippen molar-refractivity contribution in [3.63, 3.8) is 0 Å². The molecule has 0 N–H and O–H groups in total. The fraction of sp³-hybridized carbons (Fsp3) is 0.909. The summed E-state index contributed by atoms with van der Waals surface area (Å²) in [5.41, 5.74) is 0.0162. The highest BCUT2D eigenvalue weighted by Gasteiger charge is 2.55. The third-order valence-electron chi connectivity index (χ3n) is 4.16. The van der Waals surface area contributed by atoms with Gasteiger partial charge in [0.25, 0.3) is 5.91 Å². The summed E-state index contributed by atoms with van der Waals surface area (Å²) in [5.74, 6) is 0.00748. The molecule has 0 aliphatic carbocycles. The molecule has 1 aliphatic heterocycles. The van der Waals surface area contributed by atoms with Crippen LogP contribution in [-0.4, -0.2) is 42.4 Å². The molecular formula is C11H23N2O2P. The second kappa shape index (κ2) is 4.25. The fourth-order valence-electron chi connectivity index (χ4n) is 2.25. The van der Waals surface area contributed by atoms with Crippen LogP contribution in [0.2, 0.25) is 0 Å². The van der Waals surface area contributed by atoms with Gasteiger partial charge in [0.2, 0.25) is 0 Å². The van der Waals surface area contributed by atoms with Crippen LogP contribution < -0.4 is 0 Å². The maximum atomic E-state index is 12.2. The number of carbonyl (C=O) groups excluding carboxylic acids is 1. The zero-order valence-electron chi connectivity index (χ0n) is 11.1. The molecule has 5 heteroatoms. The molecule has 16 heavy (non-hydrogen) atoms. The Hall–Kier alpha value is -0.180. The molecule has 1 saturated heterocycles. The average Bonchev–Trinajstić information content (AvgIpc) is 2.29.